The molecule has 0 amide bonds. The second kappa shape index (κ2) is 14.8. The van der Waals surface area contributed by atoms with Crippen LogP contribution in [0.1, 0.15) is 57.9 Å². The second-order valence-corrected chi connectivity index (χ2v) is 19.5. The van der Waals surface area contributed by atoms with Crippen molar-refractivity contribution in [2.45, 2.75) is 71.5 Å². The zero-order valence-corrected chi connectivity index (χ0v) is 31.4. The van der Waals surface area contributed by atoms with Crippen molar-refractivity contribution in [1.82, 2.24) is 9.97 Å². The van der Waals surface area contributed by atoms with E-state index in [9.17, 15) is 4.39 Å². The molecule has 0 unspecified atom stereocenters. The first-order valence-electron chi connectivity index (χ1n) is 16.4. The molecule has 1 radical (unpaired) electrons. The number of fused-ring (bicyclic) bond motifs is 3. The minimum Gasteiger partial charge on any atom is -0.305 e. The van der Waals surface area contributed by atoms with E-state index in [1.807, 2.05) is 62.6 Å². The molecule has 0 aliphatic heterocycles. The molecule has 1 fully saturated rings. The number of rotatable bonds is 6. The molecular weight excluding hydrogens is 780 g/mol. The van der Waals surface area contributed by atoms with Gasteiger partial charge in [-0.1, -0.05) is 100.0 Å². The minimum atomic E-state index is -1.50. The molecule has 2 nitrogen and oxygen atoms in total. The van der Waals surface area contributed by atoms with Gasteiger partial charge in [0.15, 0.2) is 0 Å². The Bertz CT molecular complexity index is 1970. The maximum absolute atomic E-state index is 14.1. The summed E-state index contributed by atoms with van der Waals surface area (Å²) < 4.78 is 24.3. The van der Waals surface area contributed by atoms with Crippen molar-refractivity contribution in [2.24, 2.45) is 5.92 Å². The van der Waals surface area contributed by atoms with Gasteiger partial charge >= 0.3 is 0 Å². The third-order valence-electron chi connectivity index (χ3n) is 8.72. The van der Waals surface area contributed by atoms with Crippen LogP contribution in [0.15, 0.2) is 85.2 Å². The summed E-state index contributed by atoms with van der Waals surface area (Å²) in [7, 11) is -1.50. The van der Waals surface area contributed by atoms with Crippen molar-refractivity contribution in [3.63, 3.8) is 0 Å². The number of nitrogens with zero attached hydrogens (tertiary/aromatic N) is 2. The molecule has 6 aromatic rings. The minimum absolute atomic E-state index is 0. The van der Waals surface area contributed by atoms with Crippen LogP contribution >= 0.6 is 11.3 Å². The van der Waals surface area contributed by atoms with E-state index in [4.69, 9.17) is 1.37 Å². The topological polar surface area (TPSA) is 25.8 Å². The standard InChI is InChI=1S/C23H19FNS.C17H22NSi.Ir/c24-20-7-3-6-18-19-14-17(8-9-22(19)26-23(18)20)21-13-16(10-11-25-21)12-15-4-1-2-5-15;1-13(2)15-11-16(14-9-7-6-8-10-14)18-12-17(15)19(3,4)5;/h3,6-7,9-11,13-15H,1-2,4-5,12H2;6-9,11-13H,1-5H3;/q2*-1;/i;13D;. The summed E-state index contributed by atoms with van der Waals surface area (Å²) >= 11 is 1.49. The summed E-state index contributed by atoms with van der Waals surface area (Å²) in [6.45, 7) is 10.8. The van der Waals surface area contributed by atoms with Crippen LogP contribution in [0.4, 0.5) is 4.39 Å². The summed E-state index contributed by atoms with van der Waals surface area (Å²) in [6, 6.07) is 30.2. The molecule has 239 valence electrons. The van der Waals surface area contributed by atoms with Gasteiger partial charge in [0, 0.05) is 33.9 Å². The van der Waals surface area contributed by atoms with Crippen LogP contribution < -0.4 is 5.19 Å². The van der Waals surface area contributed by atoms with E-state index in [0.29, 0.717) is 0 Å². The molecule has 3 aromatic heterocycles. The van der Waals surface area contributed by atoms with E-state index in [1.165, 1.54) is 53.8 Å². The van der Waals surface area contributed by atoms with Gasteiger partial charge in [-0.05, 0) is 57.0 Å². The van der Waals surface area contributed by atoms with E-state index in [-0.39, 0.29) is 25.9 Å². The van der Waals surface area contributed by atoms with Crippen LogP contribution in [0, 0.1) is 23.9 Å². The third-order valence-corrected chi connectivity index (χ3v) is 11.9. The second-order valence-electron chi connectivity index (χ2n) is 13.4. The summed E-state index contributed by atoms with van der Waals surface area (Å²) in [5, 5.41) is 3.33. The average Bonchev–Trinajstić information content (AvgIpc) is 3.69. The van der Waals surface area contributed by atoms with E-state index in [0.717, 1.165) is 60.6 Å². The number of thiophene rings is 1. The van der Waals surface area contributed by atoms with Crippen LogP contribution in [-0.2, 0) is 26.5 Å². The normalized spacial score (nSPS) is 14.1. The average molecular weight is 822 g/mol. The fourth-order valence-electron chi connectivity index (χ4n) is 6.32. The van der Waals surface area contributed by atoms with Gasteiger partial charge in [-0.15, -0.1) is 59.7 Å². The molecule has 0 N–H and O–H groups in total. The van der Waals surface area contributed by atoms with E-state index < -0.39 is 14.0 Å². The molecule has 46 heavy (non-hydrogen) atoms. The predicted octanol–water partition coefficient (Wildman–Crippen LogP) is 11.0. The Balaban J connectivity index is 0.000000188. The number of aromatic nitrogens is 2. The summed E-state index contributed by atoms with van der Waals surface area (Å²) in [4.78, 5) is 9.18. The first kappa shape index (κ1) is 32.9. The molecule has 3 aromatic carbocycles. The summed E-state index contributed by atoms with van der Waals surface area (Å²) in [5.41, 5.74) is 6.28. The zero-order chi connectivity index (χ0) is 32.5. The largest absolute Gasteiger partial charge is 0.305 e. The van der Waals surface area contributed by atoms with Crippen LogP contribution in [0.2, 0.25) is 19.6 Å². The molecule has 6 heteroatoms. The quantitative estimate of drug-likeness (QED) is 0.124. The SMILES string of the molecule is Fc1cccc2c1sc1c[c-]c(-c3cc(CC4CCCC4)ccn3)cc12.[2H]C(C)(C)c1cc(-c2[c-]cccc2)ncc1[Si](C)(C)C.[Ir]. The van der Waals surface area contributed by atoms with Gasteiger partial charge in [-0.3, -0.25) is 0 Å². The van der Waals surface area contributed by atoms with Crippen molar-refractivity contribution in [3.05, 3.63) is 114 Å². The molecule has 0 spiro atoms. The molecule has 0 atom stereocenters. The maximum atomic E-state index is 14.1. The van der Waals surface area contributed by atoms with Crippen LogP contribution in [0.5, 0.6) is 0 Å². The van der Waals surface area contributed by atoms with Gasteiger partial charge in [0.25, 0.3) is 0 Å². The molecular formula is C40H41FIrN2SSi-2. The van der Waals surface area contributed by atoms with Crippen molar-refractivity contribution < 1.29 is 25.9 Å². The number of halogens is 1. The van der Waals surface area contributed by atoms with E-state index in [1.54, 1.807) is 6.07 Å². The van der Waals surface area contributed by atoms with Crippen molar-refractivity contribution in [3.8, 4) is 22.5 Å². The van der Waals surface area contributed by atoms with Gasteiger partial charge in [0.1, 0.15) is 5.82 Å². The zero-order valence-electron chi connectivity index (χ0n) is 28.2. The molecule has 1 aliphatic carbocycles. The Morgan fingerprint density at radius 3 is 2.43 bits per heavy atom. The van der Waals surface area contributed by atoms with Gasteiger partial charge < -0.3 is 9.97 Å². The first-order valence-corrected chi connectivity index (χ1v) is 20.2. The van der Waals surface area contributed by atoms with Crippen LogP contribution in [-0.4, -0.2) is 18.0 Å². The molecule has 1 saturated carbocycles. The van der Waals surface area contributed by atoms with Gasteiger partial charge in [0.2, 0.25) is 0 Å². The molecule has 0 bridgehead atoms. The number of hydrogen-bond acceptors (Lipinski definition) is 3. The first-order chi connectivity index (χ1) is 22.0. The Morgan fingerprint density at radius 2 is 1.72 bits per heavy atom. The van der Waals surface area contributed by atoms with Gasteiger partial charge in [-0.25, -0.2) is 4.39 Å². The maximum Gasteiger partial charge on any atom is 0.140 e. The Kier molecular flexibility index (Phi) is 10.6. The smallest absolute Gasteiger partial charge is 0.140 e. The Morgan fingerprint density at radius 1 is 0.935 bits per heavy atom. The van der Waals surface area contributed by atoms with Crippen molar-refractivity contribution >= 4 is 44.8 Å². The fourth-order valence-corrected chi connectivity index (χ4v) is 8.97. The molecule has 7 rings (SSSR count). The third kappa shape index (κ3) is 7.74. The van der Waals surface area contributed by atoms with Crippen LogP contribution in [0.25, 0.3) is 42.7 Å². The van der Waals surface area contributed by atoms with E-state index >= 15 is 0 Å². The number of pyridine rings is 2. The van der Waals surface area contributed by atoms with Crippen molar-refractivity contribution in [1.29, 1.82) is 0 Å². The van der Waals surface area contributed by atoms with E-state index in [2.05, 4.69) is 66.0 Å². The number of hydrogen-bond donors (Lipinski definition) is 0. The molecule has 3 heterocycles. The number of benzene rings is 3. The predicted molar refractivity (Wildman–Crippen MR) is 193 cm³/mol. The monoisotopic (exact) mass is 822 g/mol. The van der Waals surface area contributed by atoms with Crippen LogP contribution in [0.3, 0.4) is 0 Å². The molecule has 0 saturated heterocycles. The fraction of sp³-hybridized carbons (Fsp3) is 0.300. The van der Waals surface area contributed by atoms with Gasteiger partial charge in [0.05, 0.1) is 12.8 Å². The Labute approximate surface area is 293 Å². The Hall–Kier alpha value is -3.02. The van der Waals surface area contributed by atoms with Gasteiger partial charge in [-0.2, -0.15) is 11.3 Å². The summed E-state index contributed by atoms with van der Waals surface area (Å²) in [5.74, 6) is 0.0599. The summed E-state index contributed by atoms with van der Waals surface area (Å²) in [6.07, 6.45) is 10.5. The van der Waals surface area contributed by atoms with Crippen molar-refractivity contribution in [2.75, 3.05) is 0 Å². The molecule has 1 aliphatic rings.